The van der Waals surface area contributed by atoms with Crippen LogP contribution in [0.3, 0.4) is 0 Å². The number of hydrogen-bond donors (Lipinski definition) is 0. The van der Waals surface area contributed by atoms with Gasteiger partial charge in [0.25, 0.3) is 6.43 Å². The Bertz CT molecular complexity index is 904. The van der Waals surface area contributed by atoms with Crippen molar-refractivity contribution in [2.45, 2.75) is 89.9 Å². The van der Waals surface area contributed by atoms with Gasteiger partial charge in [0.15, 0.2) is 10.9 Å². The molecule has 1 aliphatic rings. The molecule has 3 rings (SSSR count). The fraction of sp³-hybridized carbons (Fsp3) is 0.577. The summed E-state index contributed by atoms with van der Waals surface area (Å²) in [5, 5.41) is -2.13. The third-order valence-electron chi connectivity index (χ3n) is 6.65. The quantitative estimate of drug-likeness (QED) is 0.180. The number of benzene rings is 1. The zero-order chi connectivity index (χ0) is 23.8. The van der Waals surface area contributed by atoms with Crippen LogP contribution in [0.5, 0.6) is 5.06 Å². The lowest BCUT2D eigenvalue weighted by Gasteiger charge is -2.29. The van der Waals surface area contributed by atoms with Crippen molar-refractivity contribution < 1.29 is 27.1 Å². The standard InChI is InChI=1S/C26H32F4O2S/c1-2-3-4-5-6-7-10-17-13-15-18(16-14-17)19-11-8-9-12-20(19)25(31)32-26-21(23(28)29)22(27)24(30)33-26/h8-9,11-12,17-18,23H,2-7,10,13-16H2,1H3. The zero-order valence-electron chi connectivity index (χ0n) is 19.1. The Morgan fingerprint density at radius 1 is 1.03 bits per heavy atom. The minimum absolute atomic E-state index is 0.0829. The fourth-order valence-corrected chi connectivity index (χ4v) is 5.56. The van der Waals surface area contributed by atoms with E-state index >= 15 is 0 Å². The van der Waals surface area contributed by atoms with Crippen LogP contribution in [0.2, 0.25) is 0 Å². The zero-order valence-corrected chi connectivity index (χ0v) is 19.9. The normalized spacial score (nSPS) is 18.6. The number of halogens is 4. The Kier molecular flexibility index (Phi) is 9.78. The van der Waals surface area contributed by atoms with Crippen LogP contribution in [-0.2, 0) is 0 Å². The van der Waals surface area contributed by atoms with Crippen LogP contribution in [0.25, 0.3) is 0 Å². The first kappa shape index (κ1) is 25.7. The van der Waals surface area contributed by atoms with Gasteiger partial charge in [0.05, 0.1) is 5.56 Å². The summed E-state index contributed by atoms with van der Waals surface area (Å²) in [5.41, 5.74) is -0.110. The molecule has 0 spiro atoms. The average molecular weight is 485 g/mol. The van der Waals surface area contributed by atoms with Crippen molar-refractivity contribution in [2.24, 2.45) is 5.92 Å². The fourth-order valence-electron chi connectivity index (χ4n) is 4.79. The molecule has 7 heteroatoms. The molecule has 0 aliphatic heterocycles. The van der Waals surface area contributed by atoms with E-state index in [1.165, 1.54) is 44.9 Å². The van der Waals surface area contributed by atoms with Crippen molar-refractivity contribution >= 4 is 17.3 Å². The highest BCUT2D eigenvalue weighted by Crippen LogP contribution is 2.41. The molecule has 0 unspecified atom stereocenters. The molecule has 1 saturated carbocycles. The van der Waals surface area contributed by atoms with Gasteiger partial charge in [-0.05, 0) is 49.1 Å². The molecule has 1 fully saturated rings. The van der Waals surface area contributed by atoms with E-state index in [0.29, 0.717) is 5.92 Å². The van der Waals surface area contributed by atoms with E-state index in [4.69, 9.17) is 4.74 Å². The number of ether oxygens (including phenoxy) is 1. The Hall–Kier alpha value is -1.89. The number of carbonyl (C=O) groups is 1. The van der Waals surface area contributed by atoms with Crippen LogP contribution >= 0.6 is 11.3 Å². The van der Waals surface area contributed by atoms with Crippen molar-refractivity contribution in [2.75, 3.05) is 0 Å². The molecule has 0 bridgehead atoms. The largest absolute Gasteiger partial charge is 0.411 e. The highest BCUT2D eigenvalue weighted by molar-refractivity contribution is 7.12. The van der Waals surface area contributed by atoms with E-state index in [-0.39, 0.29) is 22.8 Å². The van der Waals surface area contributed by atoms with Crippen LogP contribution in [0.4, 0.5) is 17.6 Å². The lowest BCUT2D eigenvalue weighted by atomic mass is 9.76. The van der Waals surface area contributed by atoms with Gasteiger partial charge in [-0.1, -0.05) is 81.4 Å². The van der Waals surface area contributed by atoms with Gasteiger partial charge >= 0.3 is 5.97 Å². The van der Waals surface area contributed by atoms with Crippen LogP contribution in [0.1, 0.15) is 111 Å². The maximum absolute atomic E-state index is 13.7. The first-order valence-corrected chi connectivity index (χ1v) is 12.8. The predicted octanol–water partition coefficient (Wildman–Crippen LogP) is 9.21. The molecular weight excluding hydrogens is 452 g/mol. The molecule has 0 atom stereocenters. The summed E-state index contributed by atoms with van der Waals surface area (Å²) in [7, 11) is 0. The number of hydrogen-bond acceptors (Lipinski definition) is 3. The van der Waals surface area contributed by atoms with E-state index < -0.39 is 34.0 Å². The van der Waals surface area contributed by atoms with E-state index in [2.05, 4.69) is 6.92 Å². The molecule has 2 aromatic rings. The summed E-state index contributed by atoms with van der Waals surface area (Å²) in [5.74, 6) is -1.63. The van der Waals surface area contributed by atoms with Crippen molar-refractivity contribution in [1.82, 2.24) is 0 Å². The van der Waals surface area contributed by atoms with E-state index in [1.54, 1.807) is 12.1 Å². The Morgan fingerprint density at radius 3 is 2.39 bits per heavy atom. The van der Waals surface area contributed by atoms with Gasteiger partial charge < -0.3 is 4.74 Å². The molecule has 1 aromatic carbocycles. The van der Waals surface area contributed by atoms with E-state index in [1.807, 2.05) is 12.1 Å². The van der Waals surface area contributed by atoms with E-state index in [9.17, 15) is 22.4 Å². The summed E-state index contributed by atoms with van der Waals surface area (Å²) < 4.78 is 58.5. The molecule has 0 saturated heterocycles. The number of rotatable bonds is 11. The van der Waals surface area contributed by atoms with Gasteiger partial charge in [-0.2, -0.15) is 4.39 Å². The monoisotopic (exact) mass is 484 g/mol. The Morgan fingerprint density at radius 2 is 1.70 bits per heavy atom. The van der Waals surface area contributed by atoms with Crippen LogP contribution in [0, 0.1) is 16.9 Å². The van der Waals surface area contributed by atoms with E-state index in [0.717, 1.165) is 31.2 Å². The third-order valence-corrected chi connectivity index (χ3v) is 7.50. The first-order valence-electron chi connectivity index (χ1n) is 12.0. The van der Waals surface area contributed by atoms with Crippen molar-refractivity contribution in [1.29, 1.82) is 0 Å². The van der Waals surface area contributed by atoms with Crippen LogP contribution < -0.4 is 4.74 Å². The molecule has 0 amide bonds. The first-order chi connectivity index (χ1) is 15.9. The highest BCUT2D eigenvalue weighted by Gasteiger charge is 2.30. The minimum Gasteiger partial charge on any atom is -0.411 e. The SMILES string of the molecule is CCCCCCCCC1CCC(c2ccccc2C(=O)Oc2sc(F)c(F)c2C(F)F)CC1. The van der Waals surface area contributed by atoms with Gasteiger partial charge in [0, 0.05) is 0 Å². The van der Waals surface area contributed by atoms with Crippen LogP contribution in [0.15, 0.2) is 24.3 Å². The summed E-state index contributed by atoms with van der Waals surface area (Å²) in [4.78, 5) is 12.8. The smallest absolute Gasteiger partial charge is 0.344 e. The second-order valence-corrected chi connectivity index (χ2v) is 9.88. The van der Waals surface area contributed by atoms with Crippen molar-refractivity contribution in [3.63, 3.8) is 0 Å². The van der Waals surface area contributed by atoms with Gasteiger partial charge in [-0.3, -0.25) is 0 Å². The molecule has 182 valence electrons. The molecule has 1 aromatic heterocycles. The Balaban J connectivity index is 1.59. The molecular formula is C26H32F4O2S. The van der Waals surface area contributed by atoms with Gasteiger partial charge in [-0.25, -0.2) is 18.0 Å². The number of unbranched alkanes of at least 4 members (excludes halogenated alkanes) is 5. The molecule has 1 heterocycles. The third kappa shape index (κ3) is 6.81. The number of esters is 1. The lowest BCUT2D eigenvalue weighted by Crippen LogP contribution is -2.18. The van der Waals surface area contributed by atoms with Gasteiger partial charge in [-0.15, -0.1) is 0 Å². The van der Waals surface area contributed by atoms with Gasteiger partial charge in [0.2, 0.25) is 5.13 Å². The average Bonchev–Trinajstić information content (AvgIpc) is 3.09. The molecule has 1 aliphatic carbocycles. The minimum atomic E-state index is -3.27. The number of carbonyl (C=O) groups excluding carboxylic acids is 1. The van der Waals surface area contributed by atoms with Gasteiger partial charge in [0.1, 0.15) is 5.56 Å². The number of alkyl halides is 2. The summed E-state index contributed by atoms with van der Waals surface area (Å²) >= 11 is 0.0829. The predicted molar refractivity (Wildman–Crippen MR) is 123 cm³/mol. The second kappa shape index (κ2) is 12.5. The maximum atomic E-state index is 13.7. The topological polar surface area (TPSA) is 26.3 Å². The summed E-state index contributed by atoms with van der Waals surface area (Å²) in [6.45, 7) is 2.22. The Labute approximate surface area is 197 Å². The lowest BCUT2D eigenvalue weighted by molar-refractivity contribution is 0.0726. The van der Waals surface area contributed by atoms with Crippen LogP contribution in [-0.4, -0.2) is 5.97 Å². The molecule has 0 N–H and O–H groups in total. The van der Waals surface area contributed by atoms with Crippen molar-refractivity contribution in [3.05, 3.63) is 51.9 Å². The van der Waals surface area contributed by atoms with Crippen molar-refractivity contribution in [3.8, 4) is 5.06 Å². The molecule has 2 nitrogen and oxygen atoms in total. The second-order valence-electron chi connectivity index (χ2n) is 8.94. The number of thiophene rings is 1. The summed E-state index contributed by atoms with van der Waals surface area (Å²) in [6.07, 6.45) is 9.83. The molecule has 0 radical (unpaired) electrons. The summed E-state index contributed by atoms with van der Waals surface area (Å²) in [6, 6.07) is 6.96. The maximum Gasteiger partial charge on any atom is 0.344 e. The highest BCUT2D eigenvalue weighted by atomic mass is 32.1. The molecule has 33 heavy (non-hydrogen) atoms.